The van der Waals surface area contributed by atoms with E-state index < -0.39 is 65.1 Å². The second-order valence-corrected chi connectivity index (χ2v) is 13.2. The number of nitrogens with one attached hydrogen (secondary N) is 1. The van der Waals surface area contributed by atoms with Gasteiger partial charge < -0.3 is 29.4 Å². The Morgan fingerprint density at radius 1 is 1.02 bits per heavy atom. The number of amides is 1. The van der Waals surface area contributed by atoms with Gasteiger partial charge in [-0.25, -0.2) is 19.2 Å². The summed E-state index contributed by atoms with van der Waals surface area (Å²) in [6.07, 6.45) is -1.56. The van der Waals surface area contributed by atoms with Crippen LogP contribution in [0.3, 0.4) is 0 Å². The Morgan fingerprint density at radius 3 is 2.15 bits per heavy atom. The lowest BCUT2D eigenvalue weighted by Gasteiger charge is -2.30. The van der Waals surface area contributed by atoms with Crippen LogP contribution < -0.4 is 5.32 Å². The Labute approximate surface area is 234 Å². The molecule has 1 aromatic heterocycles. The zero-order valence-corrected chi connectivity index (χ0v) is 24.6. The predicted molar refractivity (Wildman–Crippen MR) is 146 cm³/mol. The molecule has 11 heteroatoms. The molecule has 3 atom stereocenters. The van der Waals surface area contributed by atoms with E-state index in [0.717, 1.165) is 0 Å². The molecule has 1 saturated heterocycles. The molecule has 1 aromatic carbocycles. The zero-order valence-electron chi connectivity index (χ0n) is 24.6. The van der Waals surface area contributed by atoms with Gasteiger partial charge in [-0.15, -0.1) is 0 Å². The lowest BCUT2D eigenvalue weighted by molar-refractivity contribution is -0.158. The Balaban J connectivity index is 2.06. The molecular weight excluding hydrogens is 520 g/mol. The van der Waals surface area contributed by atoms with Crippen molar-refractivity contribution >= 4 is 35.0 Å². The van der Waals surface area contributed by atoms with Crippen molar-refractivity contribution in [1.82, 2.24) is 9.88 Å². The van der Waals surface area contributed by atoms with Gasteiger partial charge in [0.15, 0.2) is 5.60 Å². The van der Waals surface area contributed by atoms with Gasteiger partial charge in [-0.2, -0.15) is 0 Å². The third-order valence-electron chi connectivity index (χ3n) is 6.01. The summed E-state index contributed by atoms with van der Waals surface area (Å²) in [4.78, 5) is 51.3. The van der Waals surface area contributed by atoms with E-state index in [0.29, 0.717) is 16.5 Å². The molecule has 1 amide bonds. The van der Waals surface area contributed by atoms with Crippen LogP contribution in [0.25, 0.3) is 10.9 Å². The fourth-order valence-electron chi connectivity index (χ4n) is 4.29. The summed E-state index contributed by atoms with van der Waals surface area (Å²) in [7, 11) is 0. The van der Waals surface area contributed by atoms with Crippen molar-refractivity contribution in [1.29, 1.82) is 0 Å². The molecule has 11 nitrogen and oxygen atoms in total. The van der Waals surface area contributed by atoms with Gasteiger partial charge in [0.05, 0.1) is 5.52 Å². The Hall–Kier alpha value is -3.60. The van der Waals surface area contributed by atoms with Gasteiger partial charge in [-0.3, -0.25) is 4.57 Å². The summed E-state index contributed by atoms with van der Waals surface area (Å²) in [5.74, 6) is -2.14. The van der Waals surface area contributed by atoms with Crippen LogP contribution in [0.4, 0.5) is 9.59 Å². The minimum absolute atomic E-state index is 0.130. The number of ether oxygens (including phenoxy) is 4. The molecule has 2 aromatic rings. The van der Waals surface area contributed by atoms with Crippen LogP contribution in [-0.2, 0) is 35.0 Å². The second kappa shape index (κ2) is 10.8. The van der Waals surface area contributed by atoms with Gasteiger partial charge in [-0.05, 0) is 53.2 Å². The highest BCUT2D eigenvalue weighted by Gasteiger charge is 2.55. The molecule has 1 fully saturated rings. The molecule has 2 N–H and O–H groups in total. The lowest BCUT2D eigenvalue weighted by Crippen LogP contribution is -2.51. The van der Waals surface area contributed by atoms with E-state index in [4.69, 9.17) is 18.9 Å². The number of aromatic nitrogens is 1. The lowest BCUT2D eigenvalue weighted by atomic mass is 9.87. The number of fused-ring (bicyclic) bond motifs is 1. The summed E-state index contributed by atoms with van der Waals surface area (Å²) in [5.41, 5.74) is -2.95. The average Bonchev–Trinajstić information content (AvgIpc) is 3.29. The fraction of sp³-hybridized carbons (Fsp3) is 0.586. The molecule has 220 valence electrons. The Morgan fingerprint density at radius 2 is 1.62 bits per heavy atom. The van der Waals surface area contributed by atoms with E-state index in [9.17, 15) is 24.3 Å². The smallest absolute Gasteiger partial charge is 0.419 e. The van der Waals surface area contributed by atoms with Gasteiger partial charge in [0.1, 0.15) is 17.2 Å². The molecule has 0 spiro atoms. The van der Waals surface area contributed by atoms with Gasteiger partial charge in [0, 0.05) is 29.8 Å². The van der Waals surface area contributed by atoms with E-state index in [2.05, 4.69) is 5.32 Å². The summed E-state index contributed by atoms with van der Waals surface area (Å²) < 4.78 is 24.0. The number of nitrogens with zero attached hydrogens (tertiary/aromatic N) is 1. The first-order valence-electron chi connectivity index (χ1n) is 13.1. The predicted octanol–water partition coefficient (Wildman–Crippen LogP) is 5.02. The van der Waals surface area contributed by atoms with Gasteiger partial charge >= 0.3 is 24.1 Å². The van der Waals surface area contributed by atoms with Crippen LogP contribution >= 0.6 is 0 Å². The summed E-state index contributed by atoms with van der Waals surface area (Å²) in [5, 5.41) is 13.0. The minimum atomic E-state index is -1.79. The van der Waals surface area contributed by atoms with Crippen molar-refractivity contribution in [3.63, 3.8) is 0 Å². The number of carboxylic acids is 1. The number of hydrogen-bond donors (Lipinski definition) is 2. The zero-order chi connectivity index (χ0) is 30.3. The average molecular weight is 561 g/mol. The number of para-hydroxylation sites is 1. The number of aliphatic carboxylic acids is 1. The third-order valence-corrected chi connectivity index (χ3v) is 6.01. The first-order valence-corrected chi connectivity index (χ1v) is 13.1. The number of benzene rings is 1. The molecule has 0 radical (unpaired) electrons. The standard InChI is InChI=1S/C29H40N2O9/c1-26(2,3)23-37-22(34)29(38-23,15-19(21(32)33)30-24(35)39-27(4,5)6)14-17-16-31(25(36)40-28(7,8)9)20-13-11-10-12-18(17)20/h10-13,16,19,23H,14-15H2,1-9H3,(H,30,35)(H,32,33)/t19-,23?,29?/m0/s1. The number of esters is 1. The first kappa shape index (κ1) is 30.9. The van der Waals surface area contributed by atoms with Crippen molar-refractivity contribution in [2.45, 2.75) is 104 Å². The molecule has 0 saturated carbocycles. The highest BCUT2D eigenvalue weighted by Crippen LogP contribution is 2.41. The second-order valence-electron chi connectivity index (χ2n) is 13.2. The highest BCUT2D eigenvalue weighted by molar-refractivity contribution is 5.93. The van der Waals surface area contributed by atoms with Gasteiger partial charge in [0.25, 0.3) is 0 Å². The quantitative estimate of drug-likeness (QED) is 0.368. The van der Waals surface area contributed by atoms with Crippen molar-refractivity contribution in [3.05, 3.63) is 36.0 Å². The maximum absolute atomic E-state index is 13.5. The molecule has 0 bridgehead atoms. The van der Waals surface area contributed by atoms with Gasteiger partial charge in [0.2, 0.25) is 6.29 Å². The van der Waals surface area contributed by atoms with Crippen molar-refractivity contribution in [2.24, 2.45) is 5.41 Å². The molecule has 3 rings (SSSR count). The summed E-state index contributed by atoms with van der Waals surface area (Å²) >= 11 is 0. The molecule has 2 heterocycles. The molecule has 1 aliphatic heterocycles. The van der Waals surface area contributed by atoms with E-state index >= 15 is 0 Å². The summed E-state index contributed by atoms with van der Waals surface area (Å²) in [6, 6.07) is 5.54. The van der Waals surface area contributed by atoms with Gasteiger partial charge in [-0.1, -0.05) is 39.0 Å². The van der Waals surface area contributed by atoms with Crippen LogP contribution in [0, 0.1) is 5.41 Å². The van der Waals surface area contributed by atoms with Crippen molar-refractivity contribution in [2.75, 3.05) is 0 Å². The third kappa shape index (κ3) is 7.32. The van der Waals surface area contributed by atoms with E-state index in [1.807, 2.05) is 20.8 Å². The van der Waals surface area contributed by atoms with E-state index in [-0.39, 0.29) is 6.42 Å². The number of rotatable bonds is 6. The van der Waals surface area contributed by atoms with Crippen LogP contribution in [0.2, 0.25) is 0 Å². The number of carbonyl (C=O) groups is 4. The van der Waals surface area contributed by atoms with E-state index in [1.165, 1.54) is 4.57 Å². The first-order chi connectivity index (χ1) is 18.2. The van der Waals surface area contributed by atoms with Crippen molar-refractivity contribution in [3.8, 4) is 0 Å². The molecule has 2 unspecified atom stereocenters. The molecular formula is C29H40N2O9. The Bertz CT molecular complexity index is 1290. The van der Waals surface area contributed by atoms with E-state index in [1.54, 1.807) is 72.0 Å². The summed E-state index contributed by atoms with van der Waals surface area (Å²) in [6.45, 7) is 15.7. The fourth-order valence-corrected chi connectivity index (χ4v) is 4.29. The topological polar surface area (TPSA) is 142 Å². The van der Waals surface area contributed by atoms with Crippen LogP contribution in [0.15, 0.2) is 30.5 Å². The number of carbonyl (C=O) groups excluding carboxylic acids is 3. The highest BCUT2D eigenvalue weighted by atomic mass is 16.8. The monoisotopic (exact) mass is 560 g/mol. The molecule has 1 aliphatic rings. The van der Waals surface area contributed by atoms with Crippen molar-refractivity contribution < 1.29 is 43.2 Å². The number of carboxylic acid groups (broad SMARTS) is 1. The number of alkyl carbamates (subject to hydrolysis) is 1. The SMILES string of the molecule is CC(C)(C)OC(=O)N[C@@H](CC1(Cc2cn(C(=O)OC(C)(C)C)c3ccccc23)OC(C(C)(C)C)OC1=O)C(=O)O. The normalized spacial score (nSPS) is 20.6. The number of cyclic esters (lactones) is 1. The molecule has 40 heavy (non-hydrogen) atoms. The molecule has 0 aliphatic carbocycles. The van der Waals surface area contributed by atoms with Crippen LogP contribution in [0.1, 0.15) is 74.3 Å². The number of hydrogen-bond acceptors (Lipinski definition) is 8. The van der Waals surface area contributed by atoms with Crippen LogP contribution in [-0.4, -0.2) is 62.9 Å². The van der Waals surface area contributed by atoms with Crippen LogP contribution in [0.5, 0.6) is 0 Å². The minimum Gasteiger partial charge on any atom is -0.480 e. The Kier molecular flexibility index (Phi) is 8.32. The maximum Gasteiger partial charge on any atom is 0.419 e. The maximum atomic E-state index is 13.5. The largest absolute Gasteiger partial charge is 0.480 e.